The summed E-state index contributed by atoms with van der Waals surface area (Å²) in [4.78, 5) is 34.0. The molecule has 0 unspecified atom stereocenters. The molecule has 2 aromatic rings. The second-order valence-corrected chi connectivity index (χ2v) is 5.09. The minimum Gasteiger partial charge on any atom is -0.364 e. The van der Waals surface area contributed by atoms with Gasteiger partial charge in [0.1, 0.15) is 5.70 Å². The summed E-state index contributed by atoms with van der Waals surface area (Å²) in [6.07, 6.45) is 1.29. The summed E-state index contributed by atoms with van der Waals surface area (Å²) in [5.41, 5.74) is 6.74. The molecule has 0 fully saturated rings. The molecule has 0 aliphatic carbocycles. The number of benzene rings is 2. The number of nitrogens with one attached hydrogen (secondary N) is 1. The fourth-order valence-corrected chi connectivity index (χ4v) is 1.96. The van der Waals surface area contributed by atoms with Gasteiger partial charge in [0.05, 0.1) is 4.92 Å². The van der Waals surface area contributed by atoms with E-state index in [0.29, 0.717) is 11.1 Å². The number of nitrogens with two attached hydrogens (primary N) is 1. The van der Waals surface area contributed by atoms with Crippen LogP contribution in [0.5, 0.6) is 0 Å². The smallest absolute Gasteiger partial charge is 0.270 e. The second-order valence-electron chi connectivity index (χ2n) is 5.09. The number of primary amides is 1. The maximum Gasteiger partial charge on any atom is 0.270 e. The number of hydrogen-bond donors (Lipinski definition) is 2. The predicted octanol–water partition coefficient (Wildman–Crippen LogP) is 2.16. The van der Waals surface area contributed by atoms with Gasteiger partial charge in [-0.2, -0.15) is 0 Å². The van der Waals surface area contributed by atoms with Crippen LogP contribution in [0, 0.1) is 17.0 Å². The van der Waals surface area contributed by atoms with Crippen LogP contribution in [0.4, 0.5) is 5.69 Å². The number of nitro groups is 1. The van der Waals surface area contributed by atoms with Crippen molar-refractivity contribution >= 4 is 23.6 Å². The van der Waals surface area contributed by atoms with Crippen molar-refractivity contribution in [3.8, 4) is 0 Å². The molecule has 0 atom stereocenters. The summed E-state index contributed by atoms with van der Waals surface area (Å²) in [6, 6.07) is 12.4. The molecule has 7 heteroatoms. The van der Waals surface area contributed by atoms with Gasteiger partial charge >= 0.3 is 0 Å². The molecule has 2 aromatic carbocycles. The molecular weight excluding hydrogens is 310 g/mol. The van der Waals surface area contributed by atoms with E-state index in [1.165, 1.54) is 24.3 Å². The average Bonchev–Trinajstić information content (AvgIpc) is 2.55. The molecule has 2 amide bonds. The second kappa shape index (κ2) is 7.19. The predicted molar refractivity (Wildman–Crippen MR) is 88.9 cm³/mol. The Labute approximate surface area is 137 Å². The first-order valence-corrected chi connectivity index (χ1v) is 7.01. The fourth-order valence-electron chi connectivity index (χ4n) is 1.96. The topological polar surface area (TPSA) is 115 Å². The van der Waals surface area contributed by atoms with Crippen molar-refractivity contribution in [2.45, 2.75) is 6.92 Å². The molecule has 7 nitrogen and oxygen atoms in total. The lowest BCUT2D eigenvalue weighted by Gasteiger charge is -2.07. The van der Waals surface area contributed by atoms with E-state index in [9.17, 15) is 19.7 Å². The summed E-state index contributed by atoms with van der Waals surface area (Å²) < 4.78 is 0. The Morgan fingerprint density at radius 3 is 2.42 bits per heavy atom. The molecule has 24 heavy (non-hydrogen) atoms. The Balaban J connectivity index is 2.27. The number of rotatable bonds is 5. The Hall–Kier alpha value is -3.48. The van der Waals surface area contributed by atoms with Gasteiger partial charge in [0.15, 0.2) is 0 Å². The molecule has 0 aromatic heterocycles. The molecule has 0 spiro atoms. The standard InChI is InChI=1S/C17H15N3O4/c1-11-5-7-13(8-6-11)17(22)19-15(16(18)21)10-12-3-2-4-14(9-12)20(23)24/h2-10H,1H3,(H2,18,21)(H,19,22). The zero-order valence-electron chi connectivity index (χ0n) is 12.9. The Bertz CT molecular complexity index is 826. The van der Waals surface area contributed by atoms with E-state index in [4.69, 9.17) is 5.73 Å². The lowest BCUT2D eigenvalue weighted by atomic mass is 10.1. The van der Waals surface area contributed by atoms with E-state index in [1.807, 2.05) is 6.92 Å². The zero-order chi connectivity index (χ0) is 17.7. The highest BCUT2D eigenvalue weighted by molar-refractivity contribution is 6.04. The summed E-state index contributed by atoms with van der Waals surface area (Å²) in [7, 11) is 0. The Morgan fingerprint density at radius 2 is 1.83 bits per heavy atom. The molecular formula is C17H15N3O4. The van der Waals surface area contributed by atoms with E-state index in [0.717, 1.165) is 5.56 Å². The normalized spacial score (nSPS) is 11.0. The van der Waals surface area contributed by atoms with Crippen LogP contribution >= 0.6 is 0 Å². The molecule has 0 saturated carbocycles. The number of amides is 2. The number of hydrogen-bond acceptors (Lipinski definition) is 4. The van der Waals surface area contributed by atoms with Crippen LogP contribution in [0.15, 0.2) is 54.2 Å². The first-order chi connectivity index (χ1) is 11.4. The number of nitrogens with zero attached hydrogens (tertiary/aromatic N) is 1. The van der Waals surface area contributed by atoms with Gasteiger partial charge in [0, 0.05) is 17.7 Å². The quantitative estimate of drug-likeness (QED) is 0.498. The molecule has 0 aliphatic heterocycles. The molecule has 0 heterocycles. The van der Waals surface area contributed by atoms with Crippen LogP contribution in [-0.2, 0) is 4.79 Å². The van der Waals surface area contributed by atoms with Gasteiger partial charge in [-0.3, -0.25) is 19.7 Å². The van der Waals surface area contributed by atoms with Crippen molar-refractivity contribution < 1.29 is 14.5 Å². The van der Waals surface area contributed by atoms with Gasteiger partial charge in [0.25, 0.3) is 17.5 Å². The molecule has 3 N–H and O–H groups in total. The molecule has 0 saturated heterocycles. The van der Waals surface area contributed by atoms with Crippen molar-refractivity contribution in [2.24, 2.45) is 5.73 Å². The van der Waals surface area contributed by atoms with Crippen LogP contribution in [0.1, 0.15) is 21.5 Å². The summed E-state index contributed by atoms with van der Waals surface area (Å²) >= 11 is 0. The van der Waals surface area contributed by atoms with Crippen molar-refractivity contribution in [1.82, 2.24) is 5.32 Å². The third-order valence-electron chi connectivity index (χ3n) is 3.22. The fraction of sp³-hybridized carbons (Fsp3) is 0.0588. The molecule has 0 bridgehead atoms. The van der Waals surface area contributed by atoms with E-state index >= 15 is 0 Å². The van der Waals surface area contributed by atoms with Crippen molar-refractivity contribution in [3.05, 3.63) is 81.0 Å². The monoisotopic (exact) mass is 325 g/mol. The lowest BCUT2D eigenvalue weighted by Crippen LogP contribution is -2.31. The number of aryl methyl sites for hydroxylation is 1. The van der Waals surface area contributed by atoms with Crippen LogP contribution in [0.2, 0.25) is 0 Å². The van der Waals surface area contributed by atoms with Crippen LogP contribution < -0.4 is 11.1 Å². The Morgan fingerprint density at radius 1 is 1.17 bits per heavy atom. The molecule has 122 valence electrons. The zero-order valence-corrected chi connectivity index (χ0v) is 12.9. The highest BCUT2D eigenvalue weighted by Crippen LogP contribution is 2.15. The van der Waals surface area contributed by atoms with Gasteiger partial charge in [-0.25, -0.2) is 0 Å². The van der Waals surface area contributed by atoms with Gasteiger partial charge in [0.2, 0.25) is 0 Å². The number of nitro benzene ring substituents is 1. The first-order valence-electron chi connectivity index (χ1n) is 7.01. The van der Waals surface area contributed by atoms with E-state index in [2.05, 4.69) is 5.32 Å². The highest BCUT2D eigenvalue weighted by Gasteiger charge is 2.13. The van der Waals surface area contributed by atoms with Crippen molar-refractivity contribution in [3.63, 3.8) is 0 Å². The lowest BCUT2D eigenvalue weighted by molar-refractivity contribution is -0.384. The summed E-state index contributed by atoms with van der Waals surface area (Å²) in [5, 5.41) is 13.2. The minimum absolute atomic E-state index is 0.127. The largest absolute Gasteiger partial charge is 0.364 e. The number of non-ortho nitro benzene ring substituents is 1. The SMILES string of the molecule is Cc1ccc(C(=O)NC(=Cc2cccc([N+](=O)[O-])c2)C(N)=O)cc1. The van der Waals surface area contributed by atoms with E-state index in [1.54, 1.807) is 30.3 Å². The summed E-state index contributed by atoms with van der Waals surface area (Å²) in [5.74, 6) is -1.34. The van der Waals surface area contributed by atoms with E-state index in [-0.39, 0.29) is 11.4 Å². The molecule has 0 radical (unpaired) electrons. The maximum absolute atomic E-state index is 12.2. The van der Waals surface area contributed by atoms with E-state index < -0.39 is 16.7 Å². The highest BCUT2D eigenvalue weighted by atomic mass is 16.6. The molecule has 0 aliphatic rings. The van der Waals surface area contributed by atoms with Gasteiger partial charge in [-0.15, -0.1) is 0 Å². The van der Waals surface area contributed by atoms with Crippen LogP contribution in [0.3, 0.4) is 0 Å². The van der Waals surface area contributed by atoms with Gasteiger partial charge in [-0.05, 0) is 30.7 Å². The van der Waals surface area contributed by atoms with Crippen molar-refractivity contribution in [1.29, 1.82) is 0 Å². The maximum atomic E-state index is 12.2. The summed E-state index contributed by atoms with van der Waals surface area (Å²) in [6.45, 7) is 1.89. The van der Waals surface area contributed by atoms with Gasteiger partial charge in [-0.1, -0.05) is 29.8 Å². The third kappa shape index (κ3) is 4.26. The Kier molecular flexibility index (Phi) is 5.06. The minimum atomic E-state index is -0.845. The third-order valence-corrected chi connectivity index (χ3v) is 3.22. The number of carbonyl (C=O) groups excluding carboxylic acids is 2. The van der Waals surface area contributed by atoms with Gasteiger partial charge < -0.3 is 11.1 Å². The number of carbonyl (C=O) groups is 2. The van der Waals surface area contributed by atoms with Crippen LogP contribution in [-0.4, -0.2) is 16.7 Å². The van der Waals surface area contributed by atoms with Crippen LogP contribution in [0.25, 0.3) is 6.08 Å². The first kappa shape index (κ1) is 16.9. The van der Waals surface area contributed by atoms with Crippen molar-refractivity contribution in [2.75, 3.05) is 0 Å². The average molecular weight is 325 g/mol. The molecule has 2 rings (SSSR count).